The summed E-state index contributed by atoms with van der Waals surface area (Å²) in [5.74, 6) is -1.97. The van der Waals surface area contributed by atoms with Gasteiger partial charge < -0.3 is 0 Å². The van der Waals surface area contributed by atoms with E-state index >= 15 is 0 Å². The number of hydrogen-bond donors (Lipinski definition) is 1. The third-order valence-electron chi connectivity index (χ3n) is 2.84. The van der Waals surface area contributed by atoms with Gasteiger partial charge in [-0.05, 0) is 35.4 Å². The summed E-state index contributed by atoms with van der Waals surface area (Å²) in [6.07, 6.45) is 0. The van der Waals surface area contributed by atoms with Crippen LogP contribution in [0.1, 0.15) is 11.1 Å². The number of rotatable bonds is 5. The zero-order chi connectivity index (χ0) is 15.5. The fourth-order valence-corrected chi connectivity index (χ4v) is 3.06. The van der Waals surface area contributed by atoms with E-state index in [1.807, 2.05) is 0 Å². The van der Waals surface area contributed by atoms with E-state index in [0.717, 1.165) is 17.7 Å². The van der Waals surface area contributed by atoms with Crippen molar-refractivity contribution in [1.82, 2.24) is 4.72 Å². The molecule has 0 saturated heterocycles. The summed E-state index contributed by atoms with van der Waals surface area (Å²) < 4.78 is 52.3. The first-order valence-corrected chi connectivity index (χ1v) is 8.61. The molecule has 0 aliphatic carbocycles. The van der Waals surface area contributed by atoms with E-state index in [9.17, 15) is 17.2 Å². The Morgan fingerprint density at radius 2 is 1.57 bits per heavy atom. The second-order valence-electron chi connectivity index (χ2n) is 4.35. The fourth-order valence-electron chi connectivity index (χ4n) is 1.67. The third-order valence-corrected chi connectivity index (χ3v) is 4.90. The van der Waals surface area contributed by atoms with Crippen molar-refractivity contribution in [3.8, 4) is 0 Å². The maximum absolute atomic E-state index is 13.0. The predicted molar refractivity (Wildman–Crippen MR) is 79.5 cm³/mol. The Balaban J connectivity index is 2.11. The van der Waals surface area contributed by atoms with Gasteiger partial charge in [0.15, 0.2) is 11.6 Å². The van der Waals surface area contributed by atoms with E-state index in [1.165, 1.54) is 18.2 Å². The predicted octanol–water partition coefficient (Wildman–Crippen LogP) is 3.34. The van der Waals surface area contributed by atoms with E-state index in [1.54, 1.807) is 12.1 Å². The maximum Gasteiger partial charge on any atom is 0.240 e. The molecule has 2 rings (SSSR count). The van der Waals surface area contributed by atoms with Crippen molar-refractivity contribution in [2.24, 2.45) is 0 Å². The topological polar surface area (TPSA) is 46.2 Å². The van der Waals surface area contributed by atoms with Gasteiger partial charge in [0.1, 0.15) is 0 Å². The van der Waals surface area contributed by atoms with Crippen LogP contribution in [0.3, 0.4) is 0 Å². The van der Waals surface area contributed by atoms with E-state index < -0.39 is 21.7 Å². The zero-order valence-electron chi connectivity index (χ0n) is 10.8. The molecule has 0 heterocycles. The molecule has 0 aliphatic rings. The number of halogens is 3. The second kappa shape index (κ2) is 6.64. The molecule has 0 fully saturated rings. The molecule has 3 nitrogen and oxygen atoms in total. The smallest absolute Gasteiger partial charge is 0.207 e. The average Bonchev–Trinajstić information content (AvgIpc) is 2.48. The standard InChI is InChI=1S/C14H12BrF2NO2S/c15-8-10-1-4-12(5-2-10)21(19,20)18-9-11-3-6-13(16)14(17)7-11/h1-7,18H,8-9H2. The summed E-state index contributed by atoms with van der Waals surface area (Å²) in [5.41, 5.74) is 1.30. The van der Waals surface area contributed by atoms with Crippen molar-refractivity contribution in [2.45, 2.75) is 16.8 Å². The minimum atomic E-state index is -3.69. The normalized spacial score (nSPS) is 11.6. The lowest BCUT2D eigenvalue weighted by atomic mass is 10.2. The molecule has 0 unspecified atom stereocenters. The fraction of sp³-hybridized carbons (Fsp3) is 0.143. The van der Waals surface area contributed by atoms with Crippen molar-refractivity contribution in [3.05, 3.63) is 65.2 Å². The number of benzene rings is 2. The number of hydrogen-bond acceptors (Lipinski definition) is 2. The molecule has 2 aromatic carbocycles. The molecular formula is C14H12BrF2NO2S. The van der Waals surface area contributed by atoms with Crippen LogP contribution in [0.2, 0.25) is 0 Å². The Morgan fingerprint density at radius 3 is 2.14 bits per heavy atom. The Morgan fingerprint density at radius 1 is 0.952 bits per heavy atom. The van der Waals surface area contributed by atoms with Crippen LogP contribution in [0.15, 0.2) is 47.4 Å². The third kappa shape index (κ3) is 4.09. The van der Waals surface area contributed by atoms with Gasteiger partial charge in [0.2, 0.25) is 10.0 Å². The van der Waals surface area contributed by atoms with Crippen molar-refractivity contribution in [1.29, 1.82) is 0 Å². The SMILES string of the molecule is O=S(=O)(NCc1ccc(F)c(F)c1)c1ccc(CBr)cc1. The maximum atomic E-state index is 13.0. The highest BCUT2D eigenvalue weighted by molar-refractivity contribution is 9.08. The first kappa shape index (κ1) is 16.1. The van der Waals surface area contributed by atoms with E-state index in [-0.39, 0.29) is 11.4 Å². The minimum Gasteiger partial charge on any atom is -0.207 e. The summed E-state index contributed by atoms with van der Waals surface area (Å²) in [6.45, 7) is -0.111. The van der Waals surface area contributed by atoms with Crippen LogP contribution in [0.4, 0.5) is 8.78 Å². The summed E-state index contributed by atoms with van der Waals surface area (Å²) in [7, 11) is -3.69. The van der Waals surface area contributed by atoms with E-state index in [4.69, 9.17) is 0 Å². The van der Waals surface area contributed by atoms with Gasteiger partial charge in [-0.1, -0.05) is 34.1 Å². The Kier molecular flexibility index (Phi) is 5.08. The molecule has 112 valence electrons. The molecule has 0 aromatic heterocycles. The van der Waals surface area contributed by atoms with Crippen molar-refractivity contribution in [3.63, 3.8) is 0 Å². The molecule has 0 saturated carbocycles. The van der Waals surface area contributed by atoms with Gasteiger partial charge in [0.25, 0.3) is 0 Å². The van der Waals surface area contributed by atoms with Crippen LogP contribution >= 0.6 is 15.9 Å². The van der Waals surface area contributed by atoms with Crippen LogP contribution in [-0.4, -0.2) is 8.42 Å². The summed E-state index contributed by atoms with van der Waals surface area (Å²) in [5, 5.41) is 0.635. The Hall–Kier alpha value is -1.31. The number of nitrogens with one attached hydrogen (secondary N) is 1. The summed E-state index contributed by atoms with van der Waals surface area (Å²) >= 11 is 3.28. The lowest BCUT2D eigenvalue weighted by Gasteiger charge is -2.07. The van der Waals surface area contributed by atoms with Crippen molar-refractivity contribution < 1.29 is 17.2 Å². The van der Waals surface area contributed by atoms with Crippen LogP contribution in [0.5, 0.6) is 0 Å². The molecule has 0 bridgehead atoms. The zero-order valence-corrected chi connectivity index (χ0v) is 13.2. The molecular weight excluding hydrogens is 364 g/mol. The minimum absolute atomic E-state index is 0.111. The van der Waals surface area contributed by atoms with Gasteiger partial charge in [0, 0.05) is 11.9 Å². The largest absolute Gasteiger partial charge is 0.240 e. The molecule has 0 amide bonds. The molecule has 0 spiro atoms. The summed E-state index contributed by atoms with van der Waals surface area (Å²) in [6, 6.07) is 9.63. The van der Waals surface area contributed by atoms with Crippen LogP contribution < -0.4 is 4.72 Å². The molecule has 7 heteroatoms. The monoisotopic (exact) mass is 375 g/mol. The highest BCUT2D eigenvalue weighted by atomic mass is 79.9. The first-order chi connectivity index (χ1) is 9.92. The van der Waals surface area contributed by atoms with Crippen molar-refractivity contribution in [2.75, 3.05) is 0 Å². The second-order valence-corrected chi connectivity index (χ2v) is 6.68. The lowest BCUT2D eigenvalue weighted by Crippen LogP contribution is -2.23. The first-order valence-electron chi connectivity index (χ1n) is 6.01. The molecule has 2 aromatic rings. The Bertz CT molecular complexity index is 733. The Labute approximate surface area is 130 Å². The van der Waals surface area contributed by atoms with E-state index in [0.29, 0.717) is 10.9 Å². The number of sulfonamides is 1. The number of alkyl halides is 1. The van der Waals surface area contributed by atoms with Gasteiger partial charge in [0.05, 0.1) is 4.90 Å². The highest BCUT2D eigenvalue weighted by Gasteiger charge is 2.14. The highest BCUT2D eigenvalue weighted by Crippen LogP contribution is 2.14. The van der Waals surface area contributed by atoms with Gasteiger partial charge in [-0.3, -0.25) is 0 Å². The lowest BCUT2D eigenvalue weighted by molar-refractivity contribution is 0.506. The van der Waals surface area contributed by atoms with Gasteiger partial charge in [-0.25, -0.2) is 21.9 Å². The van der Waals surface area contributed by atoms with E-state index in [2.05, 4.69) is 20.7 Å². The van der Waals surface area contributed by atoms with Gasteiger partial charge in [-0.15, -0.1) is 0 Å². The molecule has 21 heavy (non-hydrogen) atoms. The summed E-state index contributed by atoms with van der Waals surface area (Å²) in [4.78, 5) is 0.120. The van der Waals surface area contributed by atoms with Crippen molar-refractivity contribution >= 4 is 26.0 Å². The quantitative estimate of drug-likeness (QED) is 0.814. The molecule has 0 radical (unpaired) electrons. The van der Waals surface area contributed by atoms with Crippen LogP contribution in [-0.2, 0) is 21.9 Å². The van der Waals surface area contributed by atoms with Crippen LogP contribution in [0.25, 0.3) is 0 Å². The van der Waals surface area contributed by atoms with Gasteiger partial charge >= 0.3 is 0 Å². The van der Waals surface area contributed by atoms with Gasteiger partial charge in [-0.2, -0.15) is 0 Å². The molecule has 0 aliphatic heterocycles. The average molecular weight is 376 g/mol. The molecule has 1 N–H and O–H groups in total. The molecule has 0 atom stereocenters. The van der Waals surface area contributed by atoms with Crippen LogP contribution in [0, 0.1) is 11.6 Å².